The van der Waals surface area contributed by atoms with Crippen LogP contribution < -0.4 is 4.90 Å². The zero-order chi connectivity index (χ0) is 15.8. The number of benzene rings is 2. The Labute approximate surface area is 135 Å². The Morgan fingerprint density at radius 2 is 1.83 bits per heavy atom. The Kier molecular flexibility index (Phi) is 3.37. The van der Waals surface area contributed by atoms with E-state index in [1.54, 1.807) is 6.07 Å². The molecule has 0 unspecified atom stereocenters. The second-order valence-corrected chi connectivity index (χ2v) is 6.09. The van der Waals surface area contributed by atoms with E-state index in [0.717, 1.165) is 23.3 Å². The molecule has 0 amide bonds. The van der Waals surface area contributed by atoms with Gasteiger partial charge in [0, 0.05) is 18.0 Å². The average Bonchev–Trinajstić information content (AvgIpc) is 3.00. The fourth-order valence-corrected chi connectivity index (χ4v) is 3.31. The van der Waals surface area contributed by atoms with Crippen LogP contribution in [0.4, 0.5) is 5.82 Å². The maximum atomic E-state index is 10.2. The Bertz CT molecular complexity index is 862. The SMILES string of the molecule is C[C@@H]1CCCN1c1nc(-c2ccccc2O)nc2ccccc12. The van der Waals surface area contributed by atoms with Gasteiger partial charge in [0.1, 0.15) is 11.6 Å². The minimum Gasteiger partial charge on any atom is -0.507 e. The van der Waals surface area contributed by atoms with Crippen LogP contribution in [0.5, 0.6) is 5.75 Å². The van der Waals surface area contributed by atoms with Crippen LogP contribution in [0, 0.1) is 0 Å². The molecule has 0 radical (unpaired) electrons. The summed E-state index contributed by atoms with van der Waals surface area (Å²) >= 11 is 0. The number of aromatic nitrogens is 2. The van der Waals surface area contributed by atoms with Crippen molar-refractivity contribution in [3.63, 3.8) is 0 Å². The number of fused-ring (bicyclic) bond motifs is 1. The highest BCUT2D eigenvalue weighted by Crippen LogP contribution is 2.34. The lowest BCUT2D eigenvalue weighted by molar-refractivity contribution is 0.477. The third-order valence-corrected chi connectivity index (χ3v) is 4.55. The molecule has 3 aromatic rings. The van der Waals surface area contributed by atoms with Gasteiger partial charge in [-0.3, -0.25) is 0 Å². The van der Waals surface area contributed by atoms with E-state index in [0.29, 0.717) is 17.4 Å². The van der Waals surface area contributed by atoms with E-state index in [1.165, 1.54) is 12.8 Å². The van der Waals surface area contributed by atoms with Gasteiger partial charge in [-0.1, -0.05) is 24.3 Å². The van der Waals surface area contributed by atoms with Gasteiger partial charge in [-0.15, -0.1) is 0 Å². The molecule has 116 valence electrons. The molecule has 1 atom stereocenters. The summed E-state index contributed by atoms with van der Waals surface area (Å²) in [5, 5.41) is 11.2. The zero-order valence-electron chi connectivity index (χ0n) is 13.1. The van der Waals surface area contributed by atoms with Gasteiger partial charge in [0.25, 0.3) is 0 Å². The van der Waals surface area contributed by atoms with Crippen molar-refractivity contribution in [3.8, 4) is 17.1 Å². The van der Waals surface area contributed by atoms with E-state index >= 15 is 0 Å². The lowest BCUT2D eigenvalue weighted by atomic mass is 10.1. The molecule has 1 aromatic heterocycles. The van der Waals surface area contributed by atoms with Crippen LogP contribution in [0.2, 0.25) is 0 Å². The lowest BCUT2D eigenvalue weighted by Crippen LogP contribution is -2.27. The molecule has 0 bridgehead atoms. The number of hydrogen-bond acceptors (Lipinski definition) is 4. The first-order chi connectivity index (χ1) is 11.2. The van der Waals surface area contributed by atoms with Crippen molar-refractivity contribution >= 4 is 16.7 Å². The molecule has 1 fully saturated rings. The largest absolute Gasteiger partial charge is 0.507 e. The number of phenolic OH excluding ortho intramolecular Hbond substituents is 1. The predicted octanol–water partition coefficient (Wildman–Crippen LogP) is 3.99. The van der Waals surface area contributed by atoms with Gasteiger partial charge in [0.05, 0.1) is 11.1 Å². The molecule has 1 aliphatic rings. The molecule has 4 nitrogen and oxygen atoms in total. The minimum absolute atomic E-state index is 0.211. The minimum atomic E-state index is 0.211. The topological polar surface area (TPSA) is 49.2 Å². The smallest absolute Gasteiger partial charge is 0.165 e. The Hall–Kier alpha value is -2.62. The van der Waals surface area contributed by atoms with Crippen LogP contribution in [0.1, 0.15) is 19.8 Å². The van der Waals surface area contributed by atoms with Crippen molar-refractivity contribution in [2.24, 2.45) is 0 Å². The summed E-state index contributed by atoms with van der Waals surface area (Å²) in [7, 11) is 0. The summed E-state index contributed by atoms with van der Waals surface area (Å²) in [5.41, 5.74) is 1.58. The molecule has 0 spiro atoms. The van der Waals surface area contributed by atoms with Gasteiger partial charge < -0.3 is 10.0 Å². The van der Waals surface area contributed by atoms with Crippen molar-refractivity contribution in [1.82, 2.24) is 9.97 Å². The third kappa shape index (κ3) is 2.40. The molecule has 23 heavy (non-hydrogen) atoms. The predicted molar refractivity (Wildman–Crippen MR) is 92.7 cm³/mol. The zero-order valence-corrected chi connectivity index (χ0v) is 13.1. The second kappa shape index (κ2) is 5.54. The number of nitrogens with zero attached hydrogens (tertiary/aromatic N) is 3. The van der Waals surface area contributed by atoms with Crippen molar-refractivity contribution in [1.29, 1.82) is 0 Å². The highest BCUT2D eigenvalue weighted by atomic mass is 16.3. The normalized spacial score (nSPS) is 17.8. The molecule has 2 aromatic carbocycles. The van der Waals surface area contributed by atoms with Crippen molar-refractivity contribution in [3.05, 3.63) is 48.5 Å². The van der Waals surface area contributed by atoms with Crippen LogP contribution in [-0.2, 0) is 0 Å². The quantitative estimate of drug-likeness (QED) is 0.777. The number of para-hydroxylation sites is 2. The standard InChI is InChI=1S/C19H19N3O/c1-13-7-6-12-22(13)19-14-8-2-4-10-16(14)20-18(21-19)15-9-3-5-11-17(15)23/h2-5,8-11,13,23H,6-7,12H2,1H3/t13-/m1/s1. The van der Waals surface area contributed by atoms with Crippen LogP contribution in [0.15, 0.2) is 48.5 Å². The average molecular weight is 305 g/mol. The fourth-order valence-electron chi connectivity index (χ4n) is 3.31. The first-order valence-electron chi connectivity index (χ1n) is 8.06. The van der Waals surface area contributed by atoms with Crippen molar-refractivity contribution in [2.75, 3.05) is 11.4 Å². The van der Waals surface area contributed by atoms with Gasteiger partial charge in [-0.05, 0) is 44.0 Å². The van der Waals surface area contributed by atoms with Gasteiger partial charge in [-0.2, -0.15) is 0 Å². The molecule has 1 N–H and O–H groups in total. The molecule has 0 saturated carbocycles. The van der Waals surface area contributed by atoms with Gasteiger partial charge in [-0.25, -0.2) is 9.97 Å². The van der Waals surface area contributed by atoms with E-state index in [4.69, 9.17) is 4.98 Å². The highest BCUT2D eigenvalue weighted by molar-refractivity contribution is 5.91. The third-order valence-electron chi connectivity index (χ3n) is 4.55. The second-order valence-electron chi connectivity index (χ2n) is 6.09. The van der Waals surface area contributed by atoms with Crippen LogP contribution in [0.3, 0.4) is 0 Å². The van der Waals surface area contributed by atoms with Gasteiger partial charge >= 0.3 is 0 Å². The summed E-state index contributed by atoms with van der Waals surface area (Å²) < 4.78 is 0. The number of hydrogen-bond donors (Lipinski definition) is 1. The summed E-state index contributed by atoms with van der Waals surface area (Å²) in [5.74, 6) is 1.76. The molecule has 4 rings (SSSR count). The lowest BCUT2D eigenvalue weighted by Gasteiger charge is -2.24. The van der Waals surface area contributed by atoms with E-state index in [2.05, 4.69) is 22.9 Å². The van der Waals surface area contributed by atoms with E-state index in [1.807, 2.05) is 36.4 Å². The molecule has 2 heterocycles. The molecule has 4 heteroatoms. The maximum absolute atomic E-state index is 10.2. The van der Waals surface area contributed by atoms with E-state index < -0.39 is 0 Å². The Morgan fingerprint density at radius 1 is 1.04 bits per heavy atom. The first kappa shape index (κ1) is 14.0. The summed E-state index contributed by atoms with van der Waals surface area (Å²) in [6.07, 6.45) is 2.37. The van der Waals surface area contributed by atoms with Gasteiger partial charge in [0.2, 0.25) is 0 Å². The molecule has 0 aliphatic carbocycles. The van der Waals surface area contributed by atoms with Crippen molar-refractivity contribution in [2.45, 2.75) is 25.8 Å². The summed E-state index contributed by atoms with van der Waals surface area (Å²) in [4.78, 5) is 11.8. The number of phenols is 1. The molecule has 1 aliphatic heterocycles. The summed E-state index contributed by atoms with van der Waals surface area (Å²) in [6.45, 7) is 3.26. The van der Waals surface area contributed by atoms with Gasteiger partial charge in [0.15, 0.2) is 5.82 Å². The summed E-state index contributed by atoms with van der Waals surface area (Å²) in [6, 6.07) is 15.8. The Balaban J connectivity index is 1.95. The highest BCUT2D eigenvalue weighted by Gasteiger charge is 2.24. The number of rotatable bonds is 2. The molecular weight excluding hydrogens is 286 g/mol. The number of aromatic hydroxyl groups is 1. The van der Waals surface area contributed by atoms with Crippen LogP contribution in [-0.4, -0.2) is 27.7 Å². The monoisotopic (exact) mass is 305 g/mol. The Morgan fingerprint density at radius 3 is 2.61 bits per heavy atom. The van der Waals surface area contributed by atoms with Crippen LogP contribution in [0.25, 0.3) is 22.3 Å². The molecular formula is C19H19N3O. The van der Waals surface area contributed by atoms with Crippen molar-refractivity contribution < 1.29 is 5.11 Å². The first-order valence-corrected chi connectivity index (χ1v) is 8.06. The number of anilines is 1. The maximum Gasteiger partial charge on any atom is 0.165 e. The molecule has 1 saturated heterocycles. The van der Waals surface area contributed by atoms with Crippen LogP contribution >= 0.6 is 0 Å². The van der Waals surface area contributed by atoms with E-state index in [9.17, 15) is 5.11 Å². The fraction of sp³-hybridized carbons (Fsp3) is 0.263. The van der Waals surface area contributed by atoms with E-state index in [-0.39, 0.29) is 5.75 Å².